The van der Waals surface area contributed by atoms with Gasteiger partial charge < -0.3 is 9.88 Å². The summed E-state index contributed by atoms with van der Waals surface area (Å²) >= 11 is 1.51. The Kier molecular flexibility index (Phi) is 2.59. The molecule has 4 heterocycles. The minimum atomic E-state index is -0.186. The second-order valence-corrected chi connectivity index (χ2v) is 5.71. The molecule has 102 valence electrons. The molecule has 0 radical (unpaired) electrons. The molecular formula is C13H13N5OS. The van der Waals surface area contributed by atoms with Crippen molar-refractivity contribution in [3.05, 3.63) is 35.5 Å². The molecule has 6 nitrogen and oxygen atoms in total. The van der Waals surface area contributed by atoms with E-state index in [0.29, 0.717) is 5.69 Å². The summed E-state index contributed by atoms with van der Waals surface area (Å²) in [5, 5.41) is 4.85. The third kappa shape index (κ3) is 1.82. The minimum absolute atomic E-state index is 0.186. The first-order valence-corrected chi connectivity index (χ1v) is 7.47. The Hall–Kier alpha value is -2.15. The van der Waals surface area contributed by atoms with Crippen LogP contribution in [0, 0.1) is 0 Å². The molecule has 0 unspecified atom stereocenters. The highest BCUT2D eigenvalue weighted by Crippen LogP contribution is 2.20. The smallest absolute Gasteiger partial charge is 0.277 e. The second-order valence-electron chi connectivity index (χ2n) is 4.84. The highest BCUT2D eigenvalue weighted by molar-refractivity contribution is 7.15. The molecule has 20 heavy (non-hydrogen) atoms. The number of nitrogens with one attached hydrogen (secondary N) is 1. The number of hydrogen-bond donors (Lipinski definition) is 1. The van der Waals surface area contributed by atoms with E-state index in [1.54, 1.807) is 12.4 Å². The van der Waals surface area contributed by atoms with Crippen molar-refractivity contribution in [1.82, 2.24) is 18.9 Å². The van der Waals surface area contributed by atoms with E-state index in [1.807, 2.05) is 16.0 Å². The lowest BCUT2D eigenvalue weighted by atomic mass is 10.2. The number of amides is 1. The number of aryl methyl sites for hydroxylation is 1. The first-order chi connectivity index (χ1) is 9.81. The van der Waals surface area contributed by atoms with Gasteiger partial charge in [0.15, 0.2) is 4.96 Å². The van der Waals surface area contributed by atoms with Gasteiger partial charge in [0.05, 0.1) is 6.20 Å². The van der Waals surface area contributed by atoms with Crippen LogP contribution in [0.1, 0.15) is 29.2 Å². The SMILES string of the molecule is O=C(Nc1cnc2n1CCCC2)c1cn2ccsc2n1. The van der Waals surface area contributed by atoms with Gasteiger partial charge in [0.1, 0.15) is 17.3 Å². The molecule has 3 aromatic heterocycles. The number of imidazole rings is 2. The Labute approximate surface area is 119 Å². The third-order valence-corrected chi connectivity index (χ3v) is 4.31. The van der Waals surface area contributed by atoms with E-state index >= 15 is 0 Å². The predicted molar refractivity (Wildman–Crippen MR) is 76.2 cm³/mol. The Balaban J connectivity index is 1.60. The molecule has 3 aromatic rings. The van der Waals surface area contributed by atoms with Crippen LogP contribution < -0.4 is 5.32 Å². The lowest BCUT2D eigenvalue weighted by molar-refractivity contribution is 0.102. The number of hydrogen-bond acceptors (Lipinski definition) is 4. The zero-order valence-corrected chi connectivity index (χ0v) is 11.6. The fraction of sp³-hybridized carbons (Fsp3) is 0.308. The highest BCUT2D eigenvalue weighted by atomic mass is 32.1. The van der Waals surface area contributed by atoms with Crippen molar-refractivity contribution in [2.24, 2.45) is 0 Å². The van der Waals surface area contributed by atoms with Gasteiger partial charge >= 0.3 is 0 Å². The summed E-state index contributed by atoms with van der Waals surface area (Å²) in [6, 6.07) is 0. The molecule has 0 bridgehead atoms. The van der Waals surface area contributed by atoms with Crippen molar-refractivity contribution >= 4 is 28.0 Å². The van der Waals surface area contributed by atoms with Crippen LogP contribution in [0.25, 0.3) is 4.96 Å². The van der Waals surface area contributed by atoms with Crippen LogP contribution in [0.5, 0.6) is 0 Å². The van der Waals surface area contributed by atoms with Gasteiger partial charge in [0, 0.05) is 30.7 Å². The number of thiazole rings is 1. The molecule has 0 saturated heterocycles. The van der Waals surface area contributed by atoms with Crippen LogP contribution in [-0.4, -0.2) is 24.8 Å². The van der Waals surface area contributed by atoms with Crippen LogP contribution in [0.2, 0.25) is 0 Å². The predicted octanol–water partition coefficient (Wildman–Crippen LogP) is 2.18. The summed E-state index contributed by atoms with van der Waals surface area (Å²) in [5.41, 5.74) is 0.434. The van der Waals surface area contributed by atoms with Crippen molar-refractivity contribution in [3.8, 4) is 0 Å². The van der Waals surface area contributed by atoms with Crippen LogP contribution in [-0.2, 0) is 13.0 Å². The van der Waals surface area contributed by atoms with Crippen molar-refractivity contribution in [2.45, 2.75) is 25.8 Å². The Morgan fingerprint density at radius 3 is 3.25 bits per heavy atom. The van der Waals surface area contributed by atoms with E-state index in [4.69, 9.17) is 0 Å². The van der Waals surface area contributed by atoms with Crippen LogP contribution in [0.4, 0.5) is 5.82 Å². The summed E-state index contributed by atoms with van der Waals surface area (Å²) in [6.07, 6.45) is 8.65. The Morgan fingerprint density at radius 2 is 2.35 bits per heavy atom. The number of fused-ring (bicyclic) bond motifs is 2. The first kappa shape index (κ1) is 11.7. The van der Waals surface area contributed by atoms with Crippen molar-refractivity contribution in [3.63, 3.8) is 0 Å². The molecule has 1 N–H and O–H groups in total. The summed E-state index contributed by atoms with van der Waals surface area (Å²) in [4.78, 5) is 21.7. The molecule has 1 aliphatic rings. The largest absolute Gasteiger partial charge is 0.315 e. The third-order valence-electron chi connectivity index (χ3n) is 3.54. The Bertz CT molecular complexity index is 755. The zero-order chi connectivity index (χ0) is 13.5. The average molecular weight is 287 g/mol. The van der Waals surface area contributed by atoms with E-state index < -0.39 is 0 Å². The number of rotatable bonds is 2. The van der Waals surface area contributed by atoms with E-state index in [0.717, 1.165) is 36.0 Å². The van der Waals surface area contributed by atoms with Crippen molar-refractivity contribution < 1.29 is 4.79 Å². The topological polar surface area (TPSA) is 64.2 Å². The van der Waals surface area contributed by atoms with E-state index in [1.165, 1.54) is 17.8 Å². The molecule has 1 aliphatic heterocycles. The number of anilines is 1. The summed E-state index contributed by atoms with van der Waals surface area (Å²) < 4.78 is 3.94. The molecule has 0 atom stereocenters. The molecule has 0 aromatic carbocycles. The van der Waals surface area contributed by atoms with E-state index in [-0.39, 0.29) is 5.91 Å². The fourth-order valence-corrected chi connectivity index (χ4v) is 3.23. The van der Waals surface area contributed by atoms with Gasteiger partial charge in [-0.25, -0.2) is 9.97 Å². The first-order valence-electron chi connectivity index (χ1n) is 6.59. The van der Waals surface area contributed by atoms with Gasteiger partial charge in [-0.15, -0.1) is 11.3 Å². The van der Waals surface area contributed by atoms with Gasteiger partial charge in [-0.05, 0) is 12.8 Å². The number of carbonyl (C=O) groups is 1. The zero-order valence-electron chi connectivity index (χ0n) is 10.7. The monoisotopic (exact) mass is 287 g/mol. The normalized spacial score (nSPS) is 14.4. The molecule has 0 fully saturated rings. The highest BCUT2D eigenvalue weighted by Gasteiger charge is 2.17. The number of nitrogens with zero attached hydrogens (tertiary/aromatic N) is 4. The fourth-order valence-electron chi connectivity index (χ4n) is 2.53. The maximum absolute atomic E-state index is 12.2. The standard InChI is InChI=1S/C13H13N5OS/c19-12(9-8-17-5-6-20-13(17)15-9)16-11-7-14-10-3-1-2-4-18(10)11/h5-8H,1-4H2,(H,16,19). The molecule has 1 amide bonds. The van der Waals surface area contributed by atoms with E-state index in [9.17, 15) is 4.79 Å². The molecule has 4 rings (SSSR count). The molecule has 7 heteroatoms. The Morgan fingerprint density at radius 1 is 1.40 bits per heavy atom. The van der Waals surface area contributed by atoms with Gasteiger partial charge in [-0.3, -0.25) is 9.20 Å². The van der Waals surface area contributed by atoms with Gasteiger partial charge in [0.2, 0.25) is 0 Å². The van der Waals surface area contributed by atoms with Crippen LogP contribution in [0.3, 0.4) is 0 Å². The molecular weight excluding hydrogens is 274 g/mol. The second kappa shape index (κ2) is 4.45. The maximum Gasteiger partial charge on any atom is 0.277 e. The van der Waals surface area contributed by atoms with Crippen molar-refractivity contribution in [1.29, 1.82) is 0 Å². The molecule has 0 saturated carbocycles. The lowest BCUT2D eigenvalue weighted by Crippen LogP contribution is -2.18. The number of carbonyl (C=O) groups excluding carboxylic acids is 1. The van der Waals surface area contributed by atoms with Crippen LogP contribution in [0.15, 0.2) is 24.0 Å². The lowest BCUT2D eigenvalue weighted by Gasteiger charge is -2.16. The van der Waals surface area contributed by atoms with Gasteiger partial charge in [-0.2, -0.15) is 0 Å². The van der Waals surface area contributed by atoms with Gasteiger partial charge in [0.25, 0.3) is 5.91 Å². The number of aromatic nitrogens is 4. The quantitative estimate of drug-likeness (QED) is 0.785. The summed E-state index contributed by atoms with van der Waals surface area (Å²) in [7, 11) is 0. The van der Waals surface area contributed by atoms with Crippen LogP contribution >= 0.6 is 11.3 Å². The molecule has 0 spiro atoms. The van der Waals surface area contributed by atoms with E-state index in [2.05, 4.69) is 19.9 Å². The van der Waals surface area contributed by atoms with Gasteiger partial charge in [-0.1, -0.05) is 0 Å². The minimum Gasteiger partial charge on any atom is -0.315 e. The summed E-state index contributed by atoms with van der Waals surface area (Å²) in [6.45, 7) is 0.920. The molecule has 0 aliphatic carbocycles. The average Bonchev–Trinajstić information content (AvgIpc) is 3.12. The maximum atomic E-state index is 12.2. The van der Waals surface area contributed by atoms with Crippen molar-refractivity contribution in [2.75, 3.05) is 5.32 Å². The summed E-state index contributed by atoms with van der Waals surface area (Å²) in [5.74, 6) is 1.63.